The molecule has 1 atom stereocenters. The molecule has 2 rings (SSSR count). The molecule has 2 aromatic rings. The van der Waals surface area contributed by atoms with Crippen molar-refractivity contribution in [2.75, 3.05) is 5.32 Å². The van der Waals surface area contributed by atoms with Gasteiger partial charge < -0.3 is 15.3 Å². The number of carbonyl (C=O) groups excluding carboxylic acids is 1. The first-order chi connectivity index (χ1) is 10.1. The van der Waals surface area contributed by atoms with Crippen LogP contribution in [-0.2, 0) is 4.79 Å². The van der Waals surface area contributed by atoms with Crippen LogP contribution < -0.4 is 14.8 Å². The topological polar surface area (TPSA) is 89.1 Å². The number of ether oxygens (including phenoxy) is 1. The summed E-state index contributed by atoms with van der Waals surface area (Å²) >= 11 is 0. The molecule has 0 aliphatic heterocycles. The molecule has 6 heteroatoms. The summed E-state index contributed by atoms with van der Waals surface area (Å²) in [5, 5.41) is 22.9. The molecule has 1 N–H and O–H groups in total. The van der Waals surface area contributed by atoms with Gasteiger partial charge in [0.15, 0.2) is 12.3 Å². The second kappa shape index (κ2) is 6.39. The maximum atomic E-state index is 12.0. The predicted molar refractivity (Wildman–Crippen MR) is 75.3 cm³/mol. The highest BCUT2D eigenvalue weighted by Gasteiger charge is 2.18. The number of benzene rings is 1. The zero-order valence-corrected chi connectivity index (χ0v) is 11.3. The van der Waals surface area contributed by atoms with Crippen molar-refractivity contribution in [2.24, 2.45) is 0 Å². The average molecular weight is 283 g/mol. The van der Waals surface area contributed by atoms with Crippen LogP contribution >= 0.6 is 0 Å². The van der Waals surface area contributed by atoms with Gasteiger partial charge in [0.1, 0.15) is 0 Å². The highest BCUT2D eigenvalue weighted by atomic mass is 16.6. The molecule has 0 radical (unpaired) electrons. The molecule has 0 saturated carbocycles. The van der Waals surface area contributed by atoms with Gasteiger partial charge in [0.25, 0.3) is 5.91 Å². The van der Waals surface area contributed by atoms with E-state index >= 15 is 0 Å². The Morgan fingerprint density at radius 2 is 2.19 bits per heavy atom. The summed E-state index contributed by atoms with van der Waals surface area (Å²) in [4.78, 5) is 12.0. The molecule has 6 nitrogen and oxygen atoms in total. The van der Waals surface area contributed by atoms with Gasteiger partial charge in [-0.05, 0) is 31.2 Å². The van der Waals surface area contributed by atoms with Crippen LogP contribution in [0.15, 0.2) is 48.7 Å². The molecule has 0 aliphatic carbocycles. The third kappa shape index (κ3) is 3.70. The van der Waals surface area contributed by atoms with Gasteiger partial charge in [-0.25, -0.2) is 0 Å². The van der Waals surface area contributed by atoms with Crippen molar-refractivity contribution in [3.05, 3.63) is 59.4 Å². The number of amides is 1. The molecule has 21 heavy (non-hydrogen) atoms. The standard InChI is InChI=1S/C15H13N3O3/c1-11(21-14-7-2-3-8-18(14)20)15(19)17-13-6-4-5-12(9-13)10-16/h2-9,11H,1H3,(H,17,19)/t11-/m1/s1. The number of anilines is 1. The monoisotopic (exact) mass is 283 g/mol. The first-order valence-electron chi connectivity index (χ1n) is 6.26. The SMILES string of the molecule is C[C@@H](Oc1cccc[n+]1[O-])C(=O)Nc1cccc(C#N)c1. The van der Waals surface area contributed by atoms with Crippen LogP contribution in [0.3, 0.4) is 0 Å². The number of nitrogens with one attached hydrogen (secondary N) is 1. The number of nitrogens with zero attached hydrogens (tertiary/aromatic N) is 2. The van der Waals surface area contributed by atoms with E-state index in [1.54, 1.807) is 36.4 Å². The van der Waals surface area contributed by atoms with Gasteiger partial charge in [-0.1, -0.05) is 6.07 Å². The summed E-state index contributed by atoms with van der Waals surface area (Å²) in [5.41, 5.74) is 0.944. The molecule has 0 fully saturated rings. The van der Waals surface area contributed by atoms with Gasteiger partial charge >= 0.3 is 5.88 Å². The number of hydrogen-bond donors (Lipinski definition) is 1. The number of aromatic nitrogens is 1. The fourth-order valence-corrected chi connectivity index (χ4v) is 1.65. The quantitative estimate of drug-likeness (QED) is 0.681. The molecule has 1 aromatic heterocycles. The maximum Gasteiger partial charge on any atom is 0.380 e. The molecule has 0 aliphatic rings. The van der Waals surface area contributed by atoms with E-state index in [1.165, 1.54) is 19.2 Å². The average Bonchev–Trinajstić information content (AvgIpc) is 2.49. The normalized spacial score (nSPS) is 11.2. The predicted octanol–water partition coefficient (Wildman–Crippen LogP) is 1.60. The molecule has 0 spiro atoms. The Labute approximate surface area is 121 Å². The van der Waals surface area contributed by atoms with Crippen LogP contribution in [0.2, 0.25) is 0 Å². The van der Waals surface area contributed by atoms with Crippen LogP contribution in [0.5, 0.6) is 5.88 Å². The molecule has 106 valence electrons. The van der Waals surface area contributed by atoms with Crippen LogP contribution in [0.25, 0.3) is 0 Å². The van der Waals surface area contributed by atoms with E-state index in [9.17, 15) is 10.0 Å². The van der Waals surface area contributed by atoms with Crippen LogP contribution in [0.1, 0.15) is 12.5 Å². The van der Waals surface area contributed by atoms with Crippen molar-refractivity contribution < 1.29 is 14.3 Å². The van der Waals surface area contributed by atoms with Crippen LogP contribution in [0, 0.1) is 16.5 Å². The minimum atomic E-state index is -0.849. The number of pyridine rings is 1. The van der Waals surface area contributed by atoms with Crippen molar-refractivity contribution in [1.82, 2.24) is 0 Å². The zero-order valence-electron chi connectivity index (χ0n) is 11.3. The third-order valence-electron chi connectivity index (χ3n) is 2.71. The van der Waals surface area contributed by atoms with E-state index < -0.39 is 12.0 Å². The Balaban J connectivity index is 2.03. The van der Waals surface area contributed by atoms with E-state index in [2.05, 4.69) is 5.32 Å². The Morgan fingerprint density at radius 3 is 2.90 bits per heavy atom. The lowest BCUT2D eigenvalue weighted by Gasteiger charge is -2.13. The number of carbonyl (C=O) groups is 1. The van der Waals surface area contributed by atoms with Gasteiger partial charge in [0, 0.05) is 11.8 Å². The van der Waals surface area contributed by atoms with Crippen LogP contribution in [0.4, 0.5) is 5.69 Å². The van der Waals surface area contributed by atoms with Gasteiger partial charge in [-0.2, -0.15) is 5.26 Å². The molecule has 1 amide bonds. The van der Waals surface area contributed by atoms with Gasteiger partial charge in [0.05, 0.1) is 17.7 Å². The summed E-state index contributed by atoms with van der Waals surface area (Å²) in [6, 6.07) is 13.2. The third-order valence-corrected chi connectivity index (χ3v) is 2.71. The molecular formula is C15H13N3O3. The lowest BCUT2D eigenvalue weighted by atomic mass is 10.2. The smallest absolute Gasteiger partial charge is 0.380 e. The second-order valence-corrected chi connectivity index (χ2v) is 4.31. The Hall–Kier alpha value is -3.07. The van der Waals surface area contributed by atoms with Crippen molar-refractivity contribution in [3.8, 4) is 11.9 Å². The zero-order chi connectivity index (χ0) is 15.2. The van der Waals surface area contributed by atoms with Crippen molar-refractivity contribution in [2.45, 2.75) is 13.0 Å². The van der Waals surface area contributed by atoms with E-state index in [4.69, 9.17) is 10.00 Å². The fourth-order valence-electron chi connectivity index (χ4n) is 1.65. The van der Waals surface area contributed by atoms with Gasteiger partial charge in [-0.3, -0.25) is 4.79 Å². The summed E-state index contributed by atoms with van der Waals surface area (Å²) < 4.78 is 5.85. The number of hydrogen-bond acceptors (Lipinski definition) is 4. The van der Waals surface area contributed by atoms with Crippen molar-refractivity contribution >= 4 is 11.6 Å². The Kier molecular flexibility index (Phi) is 4.36. The minimum Gasteiger partial charge on any atom is -0.616 e. The summed E-state index contributed by atoms with van der Waals surface area (Å²) in [7, 11) is 0. The van der Waals surface area contributed by atoms with Crippen LogP contribution in [-0.4, -0.2) is 12.0 Å². The van der Waals surface area contributed by atoms with E-state index in [0.29, 0.717) is 16.0 Å². The van der Waals surface area contributed by atoms with Crippen molar-refractivity contribution in [3.63, 3.8) is 0 Å². The number of nitriles is 1. The van der Waals surface area contributed by atoms with Gasteiger partial charge in [-0.15, -0.1) is 4.73 Å². The molecule has 1 heterocycles. The van der Waals surface area contributed by atoms with E-state index in [0.717, 1.165) is 0 Å². The maximum absolute atomic E-state index is 12.0. The Bertz CT molecular complexity index is 695. The van der Waals surface area contributed by atoms with E-state index in [-0.39, 0.29) is 5.88 Å². The van der Waals surface area contributed by atoms with Crippen molar-refractivity contribution in [1.29, 1.82) is 5.26 Å². The van der Waals surface area contributed by atoms with Gasteiger partial charge in [0.2, 0.25) is 0 Å². The highest BCUT2D eigenvalue weighted by molar-refractivity contribution is 5.94. The minimum absolute atomic E-state index is 0.0472. The molecule has 1 aromatic carbocycles. The largest absolute Gasteiger partial charge is 0.616 e. The molecule has 0 saturated heterocycles. The molecule has 0 unspecified atom stereocenters. The summed E-state index contributed by atoms with van der Waals surface area (Å²) in [5.74, 6) is -0.361. The molecule has 0 bridgehead atoms. The number of rotatable bonds is 4. The highest BCUT2D eigenvalue weighted by Crippen LogP contribution is 2.11. The lowest BCUT2D eigenvalue weighted by molar-refractivity contribution is -0.613. The lowest BCUT2D eigenvalue weighted by Crippen LogP contribution is -2.36. The van der Waals surface area contributed by atoms with E-state index in [1.807, 2.05) is 6.07 Å². The first kappa shape index (κ1) is 14.3. The second-order valence-electron chi connectivity index (χ2n) is 4.31. The summed E-state index contributed by atoms with van der Waals surface area (Å²) in [6.07, 6.45) is 0.439. The summed E-state index contributed by atoms with van der Waals surface area (Å²) in [6.45, 7) is 1.54. The Morgan fingerprint density at radius 1 is 1.38 bits per heavy atom. The fraction of sp³-hybridized carbons (Fsp3) is 0.133. The first-order valence-corrected chi connectivity index (χ1v) is 6.26. The molecular weight excluding hydrogens is 270 g/mol.